The van der Waals surface area contributed by atoms with Gasteiger partial charge in [-0.25, -0.2) is 28.0 Å². The molecule has 0 saturated heterocycles. The van der Waals surface area contributed by atoms with Crippen LogP contribution in [-0.4, -0.2) is 135 Å². The van der Waals surface area contributed by atoms with Gasteiger partial charge in [-0.1, -0.05) is 115 Å². The molecule has 480 valence electrons. The van der Waals surface area contributed by atoms with Crippen LogP contribution in [-0.2, 0) is 60.2 Å². The molecule has 7 rings (SSSR count). The van der Waals surface area contributed by atoms with E-state index in [4.69, 9.17) is 28.9 Å². The number of carboxylic acids is 1. The molecule has 0 bridgehead atoms. The number of ketones is 1. The van der Waals surface area contributed by atoms with Gasteiger partial charge in [0.05, 0.1) is 42.9 Å². The standard InChI is InChI=1S/C67H83N9O13S/c1-46-42-47(2)60(48(3)43-46)90(84,85)75-66(7,62(81)82)74-61(80)58-54(26-17-31-68-56(77)29-30-57(78)69-32-18-36-86-38-40-88-41-39-87-37-19-33-71-64(83)89-65(4,5)6)59(79)53-28-27-49(44-55(53)73-58)45-72-63-70-34-35-76(63)67(50-20-11-8-12-21-50,51-22-13-9-14-23-51)52-24-15-10-16-25-52/h8-16,20-25,27-28,34-35,42-44,54,75H,17-19,26,29-33,36-41,45H2,1-7H3,(H,68,77)(H,69,78)(H,70,72)(H,71,83)(H,74,80)(H,81,82). The monoisotopic (exact) mass is 1250 g/mol. The molecule has 0 radical (unpaired) electrons. The molecular formula is C67H83N9O13S. The summed E-state index contributed by atoms with van der Waals surface area (Å²) in [5.74, 6) is -4.81. The van der Waals surface area contributed by atoms with E-state index in [1.807, 2.05) is 60.8 Å². The lowest BCUT2D eigenvalue weighted by molar-refractivity contribution is -0.146. The molecule has 22 nitrogen and oxygen atoms in total. The van der Waals surface area contributed by atoms with E-state index < -0.39 is 62.4 Å². The molecule has 1 aliphatic heterocycles. The van der Waals surface area contributed by atoms with Gasteiger partial charge in [0.2, 0.25) is 33.4 Å². The van der Waals surface area contributed by atoms with Crippen LogP contribution in [0.25, 0.3) is 0 Å². The number of Topliss-reactive ketones (excluding diaryl/α,β-unsaturated/α-hetero) is 1. The number of nitrogens with zero attached hydrogens (tertiary/aromatic N) is 3. The second kappa shape index (κ2) is 32.2. The molecule has 5 aromatic carbocycles. The summed E-state index contributed by atoms with van der Waals surface area (Å²) < 4.78 is 54.1. The molecule has 2 atom stereocenters. The lowest BCUT2D eigenvalue weighted by atomic mass is 9.76. The van der Waals surface area contributed by atoms with Crippen LogP contribution in [0.5, 0.6) is 0 Å². The molecule has 7 N–H and O–H groups in total. The van der Waals surface area contributed by atoms with Crippen molar-refractivity contribution in [3.05, 3.63) is 178 Å². The molecule has 0 fully saturated rings. The molecule has 2 heterocycles. The fourth-order valence-corrected chi connectivity index (χ4v) is 12.5. The summed E-state index contributed by atoms with van der Waals surface area (Å²) in [5, 5.41) is 24.7. The molecule has 0 saturated carbocycles. The van der Waals surface area contributed by atoms with E-state index >= 15 is 0 Å². The molecule has 1 aliphatic rings. The minimum atomic E-state index is -4.59. The van der Waals surface area contributed by atoms with Crippen LogP contribution < -0.4 is 31.3 Å². The molecule has 90 heavy (non-hydrogen) atoms. The zero-order valence-corrected chi connectivity index (χ0v) is 53.0. The Hall–Kier alpha value is -8.61. The number of fused-ring (bicyclic) bond motifs is 1. The van der Waals surface area contributed by atoms with Gasteiger partial charge in [-0.3, -0.25) is 23.7 Å². The van der Waals surface area contributed by atoms with Gasteiger partial charge in [0.25, 0.3) is 5.91 Å². The number of aromatic nitrogens is 2. The number of nitrogens with one attached hydrogen (secondary N) is 6. The maximum atomic E-state index is 14.7. The number of carbonyl (C=O) groups excluding carboxylic acids is 5. The summed E-state index contributed by atoms with van der Waals surface area (Å²) in [5.41, 5.74) is 1.01. The summed E-state index contributed by atoms with van der Waals surface area (Å²) in [6.45, 7) is 14.7. The molecule has 0 aliphatic carbocycles. The Labute approximate surface area is 526 Å². The normalized spacial score (nSPS) is 13.9. The predicted molar refractivity (Wildman–Crippen MR) is 341 cm³/mol. The Balaban J connectivity index is 0.966. The first-order valence-corrected chi connectivity index (χ1v) is 31.6. The number of anilines is 1. The predicted octanol–water partition coefficient (Wildman–Crippen LogP) is 8.19. The molecular weight excluding hydrogens is 1170 g/mol. The second-order valence-electron chi connectivity index (χ2n) is 23.1. The SMILES string of the molecule is Cc1cc(C)c(S(=O)(=O)NC(C)(NC(=O)C2=Nc3cc(CNc4nccn4C(c4ccccc4)(c4ccccc4)c4ccccc4)ccc3C(=O)C2CCCNC(=O)CCC(=O)NCCCOCCOCCOCCCNC(=O)OC(C)(C)C)C(=O)O)c(C)c1. The quantitative estimate of drug-likeness (QED) is 0.0114. The van der Waals surface area contributed by atoms with Crippen LogP contribution in [0.2, 0.25) is 0 Å². The average molecular weight is 1250 g/mol. The van der Waals surface area contributed by atoms with Gasteiger partial charge in [0.1, 0.15) is 16.9 Å². The van der Waals surface area contributed by atoms with Gasteiger partial charge in [0, 0.05) is 70.2 Å². The minimum absolute atomic E-state index is 0.0266. The van der Waals surface area contributed by atoms with Gasteiger partial charge in [-0.15, -0.1) is 0 Å². The Morgan fingerprint density at radius 1 is 0.656 bits per heavy atom. The highest BCUT2D eigenvalue weighted by Crippen LogP contribution is 2.43. The van der Waals surface area contributed by atoms with Crippen LogP contribution >= 0.6 is 0 Å². The second-order valence-corrected chi connectivity index (χ2v) is 24.7. The van der Waals surface area contributed by atoms with Crippen molar-refractivity contribution in [2.45, 2.75) is 115 Å². The Morgan fingerprint density at radius 2 is 1.17 bits per heavy atom. The highest BCUT2D eigenvalue weighted by atomic mass is 32.2. The Morgan fingerprint density at radius 3 is 1.69 bits per heavy atom. The highest BCUT2D eigenvalue weighted by Gasteiger charge is 2.44. The van der Waals surface area contributed by atoms with Crippen LogP contribution in [0.4, 0.5) is 16.4 Å². The number of carboxylic acid groups (broad SMARTS) is 1. The third kappa shape index (κ3) is 18.7. The average Bonchev–Trinajstić information content (AvgIpc) is 1.18. The number of aliphatic imine (C=N–C) groups is 1. The number of aliphatic carboxylic acids is 1. The third-order valence-corrected chi connectivity index (χ3v) is 16.6. The van der Waals surface area contributed by atoms with Crippen molar-refractivity contribution < 1.29 is 61.2 Å². The summed E-state index contributed by atoms with van der Waals surface area (Å²) in [7, 11) is -4.59. The minimum Gasteiger partial charge on any atom is -0.478 e. The highest BCUT2D eigenvalue weighted by molar-refractivity contribution is 7.89. The number of ether oxygens (including phenoxy) is 4. The number of benzene rings is 5. The largest absolute Gasteiger partial charge is 0.478 e. The molecule has 23 heteroatoms. The smallest absolute Gasteiger partial charge is 0.407 e. The van der Waals surface area contributed by atoms with E-state index in [-0.39, 0.29) is 66.5 Å². The lowest BCUT2D eigenvalue weighted by Crippen LogP contribution is -2.65. The van der Waals surface area contributed by atoms with Crippen molar-refractivity contribution in [3.8, 4) is 0 Å². The number of hydrogen-bond donors (Lipinski definition) is 7. The molecule has 0 spiro atoms. The van der Waals surface area contributed by atoms with E-state index in [0.717, 1.165) is 29.2 Å². The van der Waals surface area contributed by atoms with Crippen molar-refractivity contribution in [2.24, 2.45) is 10.9 Å². The van der Waals surface area contributed by atoms with E-state index in [0.29, 0.717) is 88.2 Å². The van der Waals surface area contributed by atoms with Gasteiger partial charge in [-0.05, 0) is 120 Å². The number of hydrogen-bond acceptors (Lipinski definition) is 15. The molecule has 1 aromatic heterocycles. The fourth-order valence-electron chi connectivity index (χ4n) is 10.7. The van der Waals surface area contributed by atoms with E-state index in [1.54, 1.807) is 78.1 Å². The van der Waals surface area contributed by atoms with E-state index in [1.165, 1.54) is 0 Å². The van der Waals surface area contributed by atoms with Crippen LogP contribution in [0, 0.1) is 26.7 Å². The number of rotatable bonds is 34. The van der Waals surface area contributed by atoms with Crippen molar-refractivity contribution >= 4 is 62.9 Å². The number of sulfonamides is 1. The Bertz CT molecular complexity index is 3460. The zero-order valence-electron chi connectivity index (χ0n) is 52.2. The van der Waals surface area contributed by atoms with Crippen LogP contribution in [0.1, 0.15) is 116 Å². The molecule has 4 amide bonds. The van der Waals surface area contributed by atoms with E-state index in [2.05, 4.69) is 72.3 Å². The van der Waals surface area contributed by atoms with Gasteiger partial charge >= 0.3 is 12.1 Å². The van der Waals surface area contributed by atoms with Crippen LogP contribution in [0.3, 0.4) is 0 Å². The summed E-state index contributed by atoms with van der Waals surface area (Å²) >= 11 is 0. The first-order valence-electron chi connectivity index (χ1n) is 30.1. The van der Waals surface area contributed by atoms with Crippen molar-refractivity contribution in [1.82, 2.24) is 35.5 Å². The van der Waals surface area contributed by atoms with Gasteiger partial charge < -0.3 is 50.6 Å². The Kier molecular flexibility index (Phi) is 24.7. The van der Waals surface area contributed by atoms with Crippen molar-refractivity contribution in [1.29, 1.82) is 0 Å². The number of alkyl carbamates (subject to hydrolysis) is 1. The first-order chi connectivity index (χ1) is 43.0. The maximum absolute atomic E-state index is 14.7. The maximum Gasteiger partial charge on any atom is 0.407 e. The van der Waals surface area contributed by atoms with Gasteiger partial charge in [0.15, 0.2) is 5.78 Å². The number of carbonyl (C=O) groups is 6. The van der Waals surface area contributed by atoms with E-state index in [9.17, 15) is 42.3 Å². The van der Waals surface area contributed by atoms with Crippen LogP contribution in [0.15, 0.2) is 144 Å². The summed E-state index contributed by atoms with van der Waals surface area (Å²) in [4.78, 5) is 89.0. The van der Waals surface area contributed by atoms with Crippen molar-refractivity contribution in [2.75, 3.05) is 64.6 Å². The summed E-state index contributed by atoms with van der Waals surface area (Å²) in [6, 6.07) is 38.6. The zero-order chi connectivity index (χ0) is 64.9. The third-order valence-electron chi connectivity index (χ3n) is 14.7. The number of amides is 4. The molecule has 2 unspecified atom stereocenters. The first kappa shape index (κ1) is 68.9. The number of imidazole rings is 1. The topological polar surface area (TPSA) is 296 Å². The number of aryl methyl sites for hydroxylation is 3. The summed E-state index contributed by atoms with van der Waals surface area (Å²) in [6.07, 6.45) is 4.27. The van der Waals surface area contributed by atoms with Gasteiger partial charge in [-0.2, -0.15) is 4.72 Å². The van der Waals surface area contributed by atoms with Crippen molar-refractivity contribution in [3.63, 3.8) is 0 Å². The fraction of sp³-hybridized carbons (Fsp3) is 0.403. The lowest BCUT2D eigenvalue weighted by Gasteiger charge is -2.38. The molecule has 6 aromatic rings.